The van der Waals surface area contributed by atoms with E-state index >= 15 is 0 Å². The van der Waals surface area contributed by atoms with Crippen LogP contribution < -0.4 is 11.1 Å². The lowest BCUT2D eigenvalue weighted by Gasteiger charge is -2.41. The van der Waals surface area contributed by atoms with Crippen LogP contribution in [-0.4, -0.2) is 10.5 Å². The fourth-order valence-electron chi connectivity index (χ4n) is 2.39. The monoisotopic (exact) mass is 231 g/mol. The molecule has 0 amide bonds. The molecule has 0 unspecified atom stereocenters. The highest BCUT2D eigenvalue weighted by Gasteiger charge is 2.36. The molecule has 1 saturated carbocycles. The van der Waals surface area contributed by atoms with Crippen LogP contribution in [0, 0.1) is 0 Å². The molecule has 1 fully saturated rings. The molecule has 1 aliphatic rings. The van der Waals surface area contributed by atoms with Gasteiger partial charge in [0.2, 0.25) is 0 Å². The highest BCUT2D eigenvalue weighted by Crippen LogP contribution is 2.38. The van der Waals surface area contributed by atoms with Crippen molar-refractivity contribution in [1.29, 1.82) is 0 Å². The Kier molecular flexibility index (Phi) is 2.24. The molecular weight excluding hydrogens is 214 g/mol. The van der Waals surface area contributed by atoms with Crippen molar-refractivity contribution in [1.82, 2.24) is 4.98 Å². The maximum Gasteiger partial charge on any atom is 0.296 e. The van der Waals surface area contributed by atoms with E-state index in [2.05, 4.69) is 17.2 Å². The van der Waals surface area contributed by atoms with Crippen molar-refractivity contribution in [2.45, 2.75) is 38.1 Å². The van der Waals surface area contributed by atoms with Gasteiger partial charge >= 0.3 is 0 Å². The molecule has 4 nitrogen and oxygen atoms in total. The van der Waals surface area contributed by atoms with Gasteiger partial charge in [-0.05, 0) is 37.8 Å². The van der Waals surface area contributed by atoms with Crippen LogP contribution in [0.1, 0.15) is 32.6 Å². The normalized spacial score (nSPS) is 17.9. The first-order chi connectivity index (χ1) is 8.21. The smallest absolute Gasteiger partial charge is 0.296 e. The summed E-state index contributed by atoms with van der Waals surface area (Å²) in [5, 5.41) is 3.43. The summed E-state index contributed by atoms with van der Waals surface area (Å²) in [6.07, 6.45) is 4.79. The third-order valence-corrected chi connectivity index (χ3v) is 3.77. The molecule has 17 heavy (non-hydrogen) atoms. The zero-order chi connectivity index (χ0) is 11.9. The summed E-state index contributed by atoms with van der Waals surface area (Å²) in [5.74, 6) is 0. The Balaban J connectivity index is 1.90. The molecule has 1 aliphatic carbocycles. The van der Waals surface area contributed by atoms with Crippen LogP contribution in [0.2, 0.25) is 0 Å². The van der Waals surface area contributed by atoms with Crippen LogP contribution >= 0.6 is 0 Å². The minimum atomic E-state index is 0.201. The number of oxazole rings is 1. The Morgan fingerprint density at radius 3 is 2.94 bits per heavy atom. The quantitative estimate of drug-likeness (QED) is 0.796. The number of fused-ring (bicyclic) bond motifs is 1. The fourth-order valence-corrected chi connectivity index (χ4v) is 2.39. The Morgan fingerprint density at radius 1 is 1.47 bits per heavy atom. The largest absolute Gasteiger partial charge is 0.423 e. The molecule has 1 aromatic heterocycles. The van der Waals surface area contributed by atoms with Gasteiger partial charge in [0.05, 0.1) is 0 Å². The van der Waals surface area contributed by atoms with E-state index in [1.807, 2.05) is 18.2 Å². The van der Waals surface area contributed by atoms with Gasteiger partial charge < -0.3 is 15.5 Å². The average Bonchev–Trinajstić information content (AvgIpc) is 2.65. The van der Waals surface area contributed by atoms with Gasteiger partial charge in [0.15, 0.2) is 5.58 Å². The molecule has 0 bridgehead atoms. The third kappa shape index (κ3) is 1.73. The number of hydrogen-bond donors (Lipinski definition) is 2. The van der Waals surface area contributed by atoms with Gasteiger partial charge in [0, 0.05) is 17.3 Å². The van der Waals surface area contributed by atoms with E-state index in [0.717, 1.165) is 17.5 Å². The molecule has 90 valence electrons. The molecule has 3 rings (SSSR count). The highest BCUT2D eigenvalue weighted by molar-refractivity contribution is 5.78. The molecule has 0 aliphatic heterocycles. The Bertz CT molecular complexity index is 537. The fraction of sp³-hybridized carbons (Fsp3) is 0.462. The van der Waals surface area contributed by atoms with Crippen LogP contribution in [0.15, 0.2) is 22.6 Å². The van der Waals surface area contributed by atoms with Crippen LogP contribution in [0.25, 0.3) is 11.1 Å². The van der Waals surface area contributed by atoms with Gasteiger partial charge in [-0.1, -0.05) is 6.92 Å². The predicted molar refractivity (Wildman–Crippen MR) is 68.9 cm³/mol. The number of hydrogen-bond acceptors (Lipinski definition) is 4. The Morgan fingerprint density at radius 2 is 2.29 bits per heavy atom. The van der Waals surface area contributed by atoms with E-state index in [0.29, 0.717) is 11.7 Å². The number of benzene rings is 1. The third-order valence-electron chi connectivity index (χ3n) is 3.77. The van der Waals surface area contributed by atoms with E-state index in [4.69, 9.17) is 10.2 Å². The molecule has 1 heterocycles. The summed E-state index contributed by atoms with van der Waals surface area (Å²) < 4.78 is 5.68. The zero-order valence-electron chi connectivity index (χ0n) is 9.99. The summed E-state index contributed by atoms with van der Waals surface area (Å²) >= 11 is 0. The second-order valence-corrected chi connectivity index (χ2v) is 4.86. The number of nitrogens with two attached hydrogens (primary N) is 1. The van der Waals surface area contributed by atoms with E-state index in [-0.39, 0.29) is 5.54 Å². The van der Waals surface area contributed by atoms with E-state index < -0.39 is 0 Å². The van der Waals surface area contributed by atoms with Crippen LogP contribution in [0.3, 0.4) is 0 Å². The molecule has 0 atom stereocenters. The van der Waals surface area contributed by atoms with Gasteiger partial charge in [-0.3, -0.25) is 0 Å². The van der Waals surface area contributed by atoms with E-state index in [9.17, 15) is 0 Å². The molecule has 0 radical (unpaired) electrons. The number of aromatic nitrogens is 1. The second kappa shape index (κ2) is 3.65. The lowest BCUT2D eigenvalue weighted by Crippen LogP contribution is -2.44. The Labute approximate surface area is 100 Å². The molecular formula is C13H17N3O. The van der Waals surface area contributed by atoms with Crippen molar-refractivity contribution < 1.29 is 4.42 Å². The van der Waals surface area contributed by atoms with Gasteiger partial charge in [-0.25, -0.2) is 0 Å². The van der Waals surface area contributed by atoms with E-state index in [1.54, 1.807) is 0 Å². The molecule has 1 aromatic carbocycles. The summed E-state index contributed by atoms with van der Waals surface area (Å²) in [6.45, 7) is 2.20. The molecule has 3 N–H and O–H groups in total. The van der Waals surface area contributed by atoms with Gasteiger partial charge in [0.1, 0.15) is 5.52 Å². The number of rotatable bonds is 3. The topological polar surface area (TPSA) is 64.1 Å². The second-order valence-electron chi connectivity index (χ2n) is 4.86. The van der Waals surface area contributed by atoms with Crippen molar-refractivity contribution in [3.8, 4) is 0 Å². The van der Waals surface area contributed by atoms with Crippen molar-refractivity contribution in [2.75, 3.05) is 11.1 Å². The lowest BCUT2D eigenvalue weighted by molar-refractivity contribution is 0.263. The summed E-state index contributed by atoms with van der Waals surface area (Å²) in [6, 6.07) is 6.16. The standard InChI is InChI=1S/C13H17N3O/c1-2-13(6-3-7-13)16-12-15-10-5-4-9(14)8-11(10)17-12/h4-5,8H,2-3,6-7,14H2,1H3,(H,15,16). The van der Waals surface area contributed by atoms with Crippen LogP contribution in [0.4, 0.5) is 11.7 Å². The van der Waals surface area contributed by atoms with E-state index in [1.165, 1.54) is 19.3 Å². The van der Waals surface area contributed by atoms with Crippen molar-refractivity contribution >= 4 is 22.8 Å². The summed E-state index contributed by atoms with van der Waals surface area (Å²) in [7, 11) is 0. The average molecular weight is 231 g/mol. The zero-order valence-corrected chi connectivity index (χ0v) is 9.99. The first-order valence-electron chi connectivity index (χ1n) is 6.15. The summed E-state index contributed by atoms with van der Waals surface area (Å²) in [5.41, 5.74) is 8.22. The summed E-state index contributed by atoms with van der Waals surface area (Å²) in [4.78, 5) is 4.44. The van der Waals surface area contributed by atoms with Crippen LogP contribution in [-0.2, 0) is 0 Å². The predicted octanol–water partition coefficient (Wildman–Crippen LogP) is 3.15. The van der Waals surface area contributed by atoms with Crippen molar-refractivity contribution in [3.63, 3.8) is 0 Å². The minimum absolute atomic E-state index is 0.201. The number of nitrogen functional groups attached to an aromatic ring is 1. The van der Waals surface area contributed by atoms with Gasteiger partial charge in [-0.2, -0.15) is 4.98 Å². The number of nitrogens with zero attached hydrogens (tertiary/aromatic N) is 1. The molecule has 2 aromatic rings. The highest BCUT2D eigenvalue weighted by atomic mass is 16.4. The molecule has 0 spiro atoms. The first kappa shape index (κ1) is 10.4. The number of anilines is 2. The SMILES string of the molecule is CCC1(Nc2nc3ccc(N)cc3o2)CCC1. The maximum atomic E-state index is 5.72. The number of nitrogens with one attached hydrogen (secondary N) is 1. The van der Waals surface area contributed by atoms with Crippen molar-refractivity contribution in [2.24, 2.45) is 0 Å². The maximum absolute atomic E-state index is 5.72. The lowest BCUT2D eigenvalue weighted by atomic mass is 9.75. The minimum Gasteiger partial charge on any atom is -0.423 e. The van der Waals surface area contributed by atoms with Gasteiger partial charge in [0.25, 0.3) is 6.01 Å². The van der Waals surface area contributed by atoms with Crippen LogP contribution in [0.5, 0.6) is 0 Å². The Hall–Kier alpha value is -1.71. The molecule has 0 saturated heterocycles. The van der Waals surface area contributed by atoms with Crippen molar-refractivity contribution in [3.05, 3.63) is 18.2 Å². The molecule has 4 heteroatoms. The first-order valence-corrected chi connectivity index (χ1v) is 6.15. The van der Waals surface area contributed by atoms with Gasteiger partial charge in [-0.15, -0.1) is 0 Å².